The number of nitrogen functional groups attached to an aromatic ring is 1. The molecule has 0 unspecified atom stereocenters. The minimum absolute atomic E-state index is 0.178. The maximum atomic E-state index is 13.4. The van der Waals surface area contributed by atoms with Crippen molar-refractivity contribution in [1.82, 2.24) is 25.0 Å². The van der Waals surface area contributed by atoms with Gasteiger partial charge in [-0.25, -0.2) is 14.4 Å². The first-order chi connectivity index (χ1) is 8.27. The Morgan fingerprint density at radius 2 is 2.00 bits per heavy atom. The number of hydrogen-bond acceptors (Lipinski definition) is 5. The Labute approximate surface area is 94.9 Å². The number of anilines is 1. The summed E-state index contributed by atoms with van der Waals surface area (Å²) in [5, 5.41) is 7.58. The van der Waals surface area contributed by atoms with E-state index in [1.807, 2.05) is 0 Å². The maximum Gasteiger partial charge on any atom is 0.198 e. The van der Waals surface area contributed by atoms with Crippen molar-refractivity contribution in [1.29, 1.82) is 0 Å². The highest BCUT2D eigenvalue weighted by Crippen LogP contribution is 2.19. The Hall–Kier alpha value is -2.57. The SMILES string of the molecule is Nc1nccnc1-n1nnc2c(F)cccc21. The van der Waals surface area contributed by atoms with Crippen LogP contribution in [0.15, 0.2) is 30.6 Å². The molecular weight excluding hydrogens is 223 g/mol. The highest BCUT2D eigenvalue weighted by molar-refractivity contribution is 5.77. The van der Waals surface area contributed by atoms with E-state index in [-0.39, 0.29) is 11.3 Å². The molecule has 3 aromatic rings. The molecule has 17 heavy (non-hydrogen) atoms. The molecule has 7 heteroatoms. The van der Waals surface area contributed by atoms with Crippen LogP contribution in [-0.4, -0.2) is 25.0 Å². The minimum Gasteiger partial charge on any atom is -0.381 e. The molecule has 2 heterocycles. The van der Waals surface area contributed by atoms with E-state index in [9.17, 15) is 4.39 Å². The van der Waals surface area contributed by atoms with Gasteiger partial charge in [0.15, 0.2) is 17.5 Å². The third-order valence-electron chi connectivity index (χ3n) is 2.33. The Morgan fingerprint density at radius 1 is 1.18 bits per heavy atom. The monoisotopic (exact) mass is 230 g/mol. The van der Waals surface area contributed by atoms with E-state index in [2.05, 4.69) is 20.3 Å². The third-order valence-corrected chi connectivity index (χ3v) is 2.33. The van der Waals surface area contributed by atoms with Gasteiger partial charge in [0.05, 0.1) is 5.52 Å². The van der Waals surface area contributed by atoms with Crippen LogP contribution in [0.4, 0.5) is 10.2 Å². The summed E-state index contributed by atoms with van der Waals surface area (Å²) in [5.41, 5.74) is 6.36. The van der Waals surface area contributed by atoms with Crippen LogP contribution >= 0.6 is 0 Å². The second-order valence-corrected chi connectivity index (χ2v) is 3.37. The molecule has 2 N–H and O–H groups in total. The second kappa shape index (κ2) is 3.48. The van der Waals surface area contributed by atoms with Crippen molar-refractivity contribution in [2.24, 2.45) is 0 Å². The standard InChI is InChI=1S/C10H7FN6/c11-6-2-1-3-7-8(6)15-16-17(7)10-9(12)13-4-5-14-10/h1-5H,(H2,12,13). The lowest BCUT2D eigenvalue weighted by Crippen LogP contribution is -2.05. The van der Waals surface area contributed by atoms with Gasteiger partial charge in [-0.05, 0) is 12.1 Å². The molecule has 0 fully saturated rings. The van der Waals surface area contributed by atoms with Gasteiger partial charge in [0, 0.05) is 12.4 Å². The Morgan fingerprint density at radius 3 is 2.82 bits per heavy atom. The fourth-order valence-corrected chi connectivity index (χ4v) is 1.57. The topological polar surface area (TPSA) is 82.5 Å². The van der Waals surface area contributed by atoms with Gasteiger partial charge >= 0.3 is 0 Å². The number of nitrogens with zero attached hydrogens (tertiary/aromatic N) is 5. The maximum absolute atomic E-state index is 13.4. The van der Waals surface area contributed by atoms with Crippen molar-refractivity contribution in [2.45, 2.75) is 0 Å². The number of fused-ring (bicyclic) bond motifs is 1. The molecule has 2 aromatic heterocycles. The highest BCUT2D eigenvalue weighted by atomic mass is 19.1. The fraction of sp³-hybridized carbons (Fsp3) is 0. The van der Waals surface area contributed by atoms with Gasteiger partial charge < -0.3 is 5.73 Å². The number of benzene rings is 1. The lowest BCUT2D eigenvalue weighted by atomic mass is 10.3. The normalized spacial score (nSPS) is 10.9. The lowest BCUT2D eigenvalue weighted by Gasteiger charge is -2.02. The summed E-state index contributed by atoms with van der Waals surface area (Å²) in [5.74, 6) is 0.111. The summed E-state index contributed by atoms with van der Waals surface area (Å²) < 4.78 is 14.8. The van der Waals surface area contributed by atoms with Gasteiger partial charge in [0.25, 0.3) is 0 Å². The molecular formula is C10H7FN6. The molecule has 0 atom stereocenters. The first-order valence-corrected chi connectivity index (χ1v) is 4.84. The van der Waals surface area contributed by atoms with E-state index in [1.54, 1.807) is 12.1 Å². The van der Waals surface area contributed by atoms with Crippen LogP contribution in [0.5, 0.6) is 0 Å². The summed E-state index contributed by atoms with van der Waals surface area (Å²) in [7, 11) is 0. The average molecular weight is 230 g/mol. The van der Waals surface area contributed by atoms with Gasteiger partial charge in [-0.15, -0.1) is 5.10 Å². The molecule has 0 saturated heterocycles. The number of nitrogens with two attached hydrogens (primary N) is 1. The van der Waals surface area contributed by atoms with Crippen molar-refractivity contribution < 1.29 is 4.39 Å². The van der Waals surface area contributed by atoms with Crippen molar-refractivity contribution in [3.63, 3.8) is 0 Å². The van der Waals surface area contributed by atoms with Gasteiger partial charge in [-0.2, -0.15) is 4.68 Å². The van der Waals surface area contributed by atoms with Crippen molar-refractivity contribution in [2.75, 3.05) is 5.73 Å². The average Bonchev–Trinajstić information content (AvgIpc) is 2.75. The molecule has 0 saturated carbocycles. The summed E-state index contributed by atoms with van der Waals surface area (Å²) in [6, 6.07) is 4.58. The van der Waals surface area contributed by atoms with Gasteiger partial charge in [0.2, 0.25) is 0 Å². The van der Waals surface area contributed by atoms with Crippen LogP contribution in [-0.2, 0) is 0 Å². The minimum atomic E-state index is -0.434. The molecule has 0 aliphatic heterocycles. The zero-order valence-electron chi connectivity index (χ0n) is 8.58. The lowest BCUT2D eigenvalue weighted by molar-refractivity contribution is 0.636. The summed E-state index contributed by atoms with van der Waals surface area (Å²) in [4.78, 5) is 7.95. The van der Waals surface area contributed by atoms with Crippen LogP contribution in [0, 0.1) is 5.82 Å². The van der Waals surface area contributed by atoms with Crippen molar-refractivity contribution >= 4 is 16.9 Å². The summed E-state index contributed by atoms with van der Waals surface area (Å²) in [6.07, 6.45) is 2.96. The number of aromatic nitrogens is 5. The van der Waals surface area contributed by atoms with Crippen molar-refractivity contribution in [3.05, 3.63) is 36.4 Å². The van der Waals surface area contributed by atoms with E-state index < -0.39 is 5.82 Å². The van der Waals surface area contributed by atoms with E-state index in [1.165, 1.54) is 23.1 Å². The highest BCUT2D eigenvalue weighted by Gasteiger charge is 2.12. The molecule has 0 amide bonds. The number of halogens is 1. The van der Waals surface area contributed by atoms with Crippen molar-refractivity contribution in [3.8, 4) is 5.82 Å². The van der Waals surface area contributed by atoms with E-state index in [0.717, 1.165) is 0 Å². The quantitative estimate of drug-likeness (QED) is 0.672. The molecule has 3 rings (SSSR count). The Bertz CT molecular complexity index is 692. The van der Waals surface area contributed by atoms with Crippen LogP contribution < -0.4 is 5.73 Å². The van der Waals surface area contributed by atoms with Gasteiger partial charge in [-0.3, -0.25) is 0 Å². The Kier molecular flexibility index (Phi) is 1.97. The first-order valence-electron chi connectivity index (χ1n) is 4.84. The van der Waals surface area contributed by atoms with E-state index >= 15 is 0 Å². The van der Waals surface area contributed by atoms with Gasteiger partial charge in [-0.1, -0.05) is 11.3 Å². The molecule has 0 aliphatic rings. The summed E-state index contributed by atoms with van der Waals surface area (Å²) in [6.45, 7) is 0. The Balaban J connectivity index is 2.33. The fourth-order valence-electron chi connectivity index (χ4n) is 1.57. The molecule has 0 aliphatic carbocycles. The van der Waals surface area contributed by atoms with Crippen LogP contribution in [0.3, 0.4) is 0 Å². The zero-order chi connectivity index (χ0) is 11.8. The smallest absolute Gasteiger partial charge is 0.198 e. The first kappa shape index (κ1) is 9.64. The predicted octanol–water partition coefficient (Wildman–Crippen LogP) is 0.932. The van der Waals surface area contributed by atoms with Gasteiger partial charge in [0.1, 0.15) is 5.52 Å². The molecule has 0 spiro atoms. The largest absolute Gasteiger partial charge is 0.381 e. The molecule has 0 radical (unpaired) electrons. The molecule has 0 bridgehead atoms. The number of rotatable bonds is 1. The summed E-state index contributed by atoms with van der Waals surface area (Å²) >= 11 is 0. The predicted molar refractivity (Wildman–Crippen MR) is 58.8 cm³/mol. The van der Waals surface area contributed by atoms with Crippen LogP contribution in [0.1, 0.15) is 0 Å². The molecule has 6 nitrogen and oxygen atoms in total. The molecule has 84 valence electrons. The second-order valence-electron chi connectivity index (χ2n) is 3.37. The van der Waals surface area contributed by atoms with E-state index in [0.29, 0.717) is 11.3 Å². The number of hydrogen-bond donors (Lipinski definition) is 1. The van der Waals surface area contributed by atoms with Crippen LogP contribution in [0.25, 0.3) is 16.9 Å². The zero-order valence-corrected chi connectivity index (χ0v) is 8.58. The third kappa shape index (κ3) is 1.40. The molecule has 1 aromatic carbocycles. The van der Waals surface area contributed by atoms with Crippen LogP contribution in [0.2, 0.25) is 0 Å². The van der Waals surface area contributed by atoms with E-state index in [4.69, 9.17) is 5.73 Å².